The Kier molecular flexibility index (Phi) is 4.12. The molecule has 0 aliphatic heterocycles. The summed E-state index contributed by atoms with van der Waals surface area (Å²) in [7, 11) is 0. The van der Waals surface area contributed by atoms with E-state index in [0.717, 1.165) is 10.0 Å². The summed E-state index contributed by atoms with van der Waals surface area (Å²) in [6.07, 6.45) is 0. The topological polar surface area (TPSA) is 85.4 Å². The smallest absolute Gasteiger partial charge is 0.338 e. The molecule has 0 saturated carbocycles. The molecule has 23 heavy (non-hydrogen) atoms. The maximum atomic E-state index is 11.6. The summed E-state index contributed by atoms with van der Waals surface area (Å²) in [4.78, 5) is 22.1. The number of nitro groups is 1. The molecule has 3 rings (SSSR count). The minimum Gasteiger partial charge on any atom is -0.423 e. The van der Waals surface area contributed by atoms with E-state index < -0.39 is 10.5 Å². The van der Waals surface area contributed by atoms with Crippen LogP contribution in [0.4, 0.5) is 11.4 Å². The molecule has 0 aliphatic carbocycles. The average Bonchev–Trinajstić information content (AvgIpc) is 2.52. The second-order valence-electron chi connectivity index (χ2n) is 4.90. The Labute approximate surface area is 139 Å². The van der Waals surface area contributed by atoms with E-state index in [-0.39, 0.29) is 5.69 Å². The highest BCUT2D eigenvalue weighted by Gasteiger charge is 2.11. The standard InChI is InChI=1S/C16H11BrN2O4/c17-11-3-1-2-10(6-11)9-18-14-8-16(20)23-15-5-4-12(19(21)22)7-13(14)15/h1-8,18H,9H2. The summed E-state index contributed by atoms with van der Waals surface area (Å²) in [5.41, 5.74) is 1.24. The molecular formula is C16H11BrN2O4. The van der Waals surface area contributed by atoms with Gasteiger partial charge in [-0.1, -0.05) is 28.1 Å². The first-order chi connectivity index (χ1) is 11.0. The molecule has 0 saturated heterocycles. The molecule has 1 aromatic heterocycles. The van der Waals surface area contributed by atoms with Crippen molar-refractivity contribution in [1.29, 1.82) is 0 Å². The normalized spacial score (nSPS) is 10.7. The first-order valence-electron chi connectivity index (χ1n) is 6.73. The largest absolute Gasteiger partial charge is 0.423 e. The summed E-state index contributed by atoms with van der Waals surface area (Å²) in [6.45, 7) is 0.473. The van der Waals surface area contributed by atoms with Crippen LogP contribution in [-0.4, -0.2) is 4.92 Å². The zero-order chi connectivity index (χ0) is 16.4. The molecule has 0 fully saturated rings. The molecule has 0 spiro atoms. The third-order valence-corrected chi connectivity index (χ3v) is 3.80. The molecule has 116 valence electrons. The van der Waals surface area contributed by atoms with Gasteiger partial charge in [0.25, 0.3) is 5.69 Å². The number of nitrogens with one attached hydrogen (secondary N) is 1. The van der Waals surface area contributed by atoms with Crippen LogP contribution in [0.25, 0.3) is 11.0 Å². The molecule has 1 heterocycles. The number of non-ortho nitro benzene ring substituents is 1. The maximum absolute atomic E-state index is 11.6. The van der Waals surface area contributed by atoms with Crippen molar-refractivity contribution >= 4 is 38.3 Å². The Morgan fingerprint density at radius 1 is 1.17 bits per heavy atom. The van der Waals surface area contributed by atoms with Crippen LogP contribution in [-0.2, 0) is 6.54 Å². The summed E-state index contributed by atoms with van der Waals surface area (Å²) in [6, 6.07) is 13.1. The van der Waals surface area contributed by atoms with E-state index in [4.69, 9.17) is 4.42 Å². The maximum Gasteiger partial charge on any atom is 0.338 e. The molecule has 1 N–H and O–H groups in total. The fourth-order valence-electron chi connectivity index (χ4n) is 2.25. The van der Waals surface area contributed by atoms with Crippen molar-refractivity contribution in [2.75, 3.05) is 5.32 Å². The van der Waals surface area contributed by atoms with Crippen molar-refractivity contribution in [1.82, 2.24) is 0 Å². The highest BCUT2D eigenvalue weighted by molar-refractivity contribution is 9.10. The van der Waals surface area contributed by atoms with Crippen molar-refractivity contribution in [2.45, 2.75) is 6.54 Å². The predicted octanol–water partition coefficient (Wildman–Crippen LogP) is 4.08. The van der Waals surface area contributed by atoms with Crippen LogP contribution in [0, 0.1) is 10.1 Å². The van der Waals surface area contributed by atoms with Gasteiger partial charge in [-0.3, -0.25) is 10.1 Å². The van der Waals surface area contributed by atoms with Crippen LogP contribution in [0.2, 0.25) is 0 Å². The number of anilines is 1. The van der Waals surface area contributed by atoms with Gasteiger partial charge in [0.15, 0.2) is 0 Å². The summed E-state index contributed by atoms with van der Waals surface area (Å²) in [5.74, 6) is 0. The molecule has 0 atom stereocenters. The quantitative estimate of drug-likeness (QED) is 0.422. The van der Waals surface area contributed by atoms with E-state index in [1.807, 2.05) is 24.3 Å². The second kappa shape index (κ2) is 6.21. The lowest BCUT2D eigenvalue weighted by atomic mass is 10.1. The van der Waals surface area contributed by atoms with Gasteiger partial charge in [-0.05, 0) is 23.8 Å². The van der Waals surface area contributed by atoms with E-state index >= 15 is 0 Å². The molecule has 0 amide bonds. The zero-order valence-corrected chi connectivity index (χ0v) is 13.4. The highest BCUT2D eigenvalue weighted by atomic mass is 79.9. The van der Waals surface area contributed by atoms with Gasteiger partial charge in [-0.2, -0.15) is 0 Å². The molecule has 0 aliphatic rings. The average molecular weight is 375 g/mol. The van der Waals surface area contributed by atoms with Gasteiger partial charge in [0.2, 0.25) is 0 Å². The fourth-order valence-corrected chi connectivity index (χ4v) is 2.70. The number of hydrogen-bond donors (Lipinski definition) is 1. The number of benzene rings is 2. The number of fused-ring (bicyclic) bond motifs is 1. The molecule has 2 aromatic carbocycles. The molecule has 3 aromatic rings. The lowest BCUT2D eigenvalue weighted by molar-refractivity contribution is -0.384. The van der Waals surface area contributed by atoms with Crippen molar-refractivity contribution in [3.8, 4) is 0 Å². The van der Waals surface area contributed by atoms with Gasteiger partial charge in [-0.15, -0.1) is 0 Å². The van der Waals surface area contributed by atoms with Crippen molar-refractivity contribution in [3.05, 3.63) is 79.1 Å². The monoisotopic (exact) mass is 374 g/mol. The number of hydrogen-bond acceptors (Lipinski definition) is 5. The number of halogens is 1. The molecule has 6 nitrogen and oxygen atoms in total. The predicted molar refractivity (Wildman–Crippen MR) is 90.6 cm³/mol. The Morgan fingerprint density at radius 3 is 2.74 bits per heavy atom. The van der Waals surface area contributed by atoms with E-state index in [9.17, 15) is 14.9 Å². The minimum atomic E-state index is -0.511. The van der Waals surface area contributed by atoms with Crippen molar-refractivity contribution in [3.63, 3.8) is 0 Å². The third-order valence-electron chi connectivity index (χ3n) is 3.31. The molecule has 0 bridgehead atoms. The molecule has 7 heteroatoms. The summed E-state index contributed by atoms with van der Waals surface area (Å²) < 4.78 is 6.03. The van der Waals surface area contributed by atoms with Crippen molar-refractivity contribution in [2.24, 2.45) is 0 Å². The minimum absolute atomic E-state index is 0.0585. The third kappa shape index (κ3) is 3.40. The van der Waals surface area contributed by atoms with Gasteiger partial charge < -0.3 is 9.73 Å². The molecule has 0 radical (unpaired) electrons. The van der Waals surface area contributed by atoms with Gasteiger partial charge >= 0.3 is 5.63 Å². The van der Waals surface area contributed by atoms with E-state index in [1.54, 1.807) is 0 Å². The second-order valence-corrected chi connectivity index (χ2v) is 5.82. The van der Waals surface area contributed by atoms with Gasteiger partial charge in [0.1, 0.15) is 5.58 Å². The van der Waals surface area contributed by atoms with Gasteiger partial charge in [0, 0.05) is 34.6 Å². The van der Waals surface area contributed by atoms with E-state index in [1.165, 1.54) is 24.3 Å². The van der Waals surface area contributed by atoms with Crippen LogP contribution in [0.5, 0.6) is 0 Å². The first-order valence-corrected chi connectivity index (χ1v) is 7.53. The van der Waals surface area contributed by atoms with Crippen LogP contribution in [0.3, 0.4) is 0 Å². The Morgan fingerprint density at radius 2 is 2.00 bits per heavy atom. The van der Waals surface area contributed by atoms with Crippen LogP contribution in [0.15, 0.2) is 62.2 Å². The van der Waals surface area contributed by atoms with Gasteiger partial charge in [-0.25, -0.2) is 4.79 Å². The van der Waals surface area contributed by atoms with E-state index in [0.29, 0.717) is 23.2 Å². The number of rotatable bonds is 4. The Balaban J connectivity index is 1.99. The molecular weight excluding hydrogens is 364 g/mol. The number of nitrogens with zero attached hydrogens (tertiary/aromatic N) is 1. The highest BCUT2D eigenvalue weighted by Crippen LogP contribution is 2.26. The van der Waals surface area contributed by atoms with Crippen LogP contribution < -0.4 is 10.9 Å². The first kappa shape index (κ1) is 15.2. The molecule has 0 unspecified atom stereocenters. The SMILES string of the molecule is O=c1cc(NCc2cccc(Br)c2)c2cc([N+](=O)[O-])ccc2o1. The Hall–Kier alpha value is -2.67. The zero-order valence-electron chi connectivity index (χ0n) is 11.8. The van der Waals surface area contributed by atoms with Crippen LogP contribution in [0.1, 0.15) is 5.56 Å². The fraction of sp³-hybridized carbons (Fsp3) is 0.0625. The summed E-state index contributed by atoms with van der Waals surface area (Å²) >= 11 is 3.40. The van der Waals surface area contributed by atoms with Gasteiger partial charge in [0.05, 0.1) is 10.6 Å². The summed E-state index contributed by atoms with van der Waals surface area (Å²) in [5, 5.41) is 14.6. The van der Waals surface area contributed by atoms with Crippen LogP contribution >= 0.6 is 15.9 Å². The van der Waals surface area contributed by atoms with E-state index in [2.05, 4.69) is 21.2 Å². The lowest BCUT2D eigenvalue weighted by Crippen LogP contribution is -2.05. The lowest BCUT2D eigenvalue weighted by Gasteiger charge is -2.09. The Bertz CT molecular complexity index is 952. The number of nitro benzene ring substituents is 1. The van der Waals surface area contributed by atoms with Crippen molar-refractivity contribution < 1.29 is 9.34 Å².